The lowest BCUT2D eigenvalue weighted by Crippen LogP contribution is -2.29. The second-order valence-electron chi connectivity index (χ2n) is 4.62. The molecule has 1 amide bonds. The van der Waals surface area contributed by atoms with E-state index in [1.807, 2.05) is 0 Å². The Morgan fingerprint density at radius 1 is 1.43 bits per heavy atom. The van der Waals surface area contributed by atoms with Crippen molar-refractivity contribution in [2.75, 3.05) is 6.54 Å². The van der Waals surface area contributed by atoms with E-state index in [0.29, 0.717) is 0 Å². The van der Waals surface area contributed by atoms with Gasteiger partial charge in [-0.3, -0.25) is 4.79 Å². The highest BCUT2D eigenvalue weighted by Crippen LogP contribution is 2.22. The molecule has 0 aliphatic carbocycles. The van der Waals surface area contributed by atoms with Crippen LogP contribution < -0.4 is 5.32 Å². The molecule has 21 heavy (non-hydrogen) atoms. The highest BCUT2D eigenvalue weighted by molar-refractivity contribution is 8.13. The van der Waals surface area contributed by atoms with Gasteiger partial charge in [0.2, 0.25) is 0 Å². The average molecular weight is 347 g/mol. The van der Waals surface area contributed by atoms with E-state index in [2.05, 4.69) is 5.32 Å². The van der Waals surface area contributed by atoms with Gasteiger partial charge in [0.15, 0.2) is 0 Å². The molecule has 5 nitrogen and oxygen atoms in total. The Hall–Kier alpha value is -1.22. The minimum atomic E-state index is -4.38. The lowest BCUT2D eigenvalue weighted by Gasteiger charge is -2.13. The third-order valence-electron chi connectivity index (χ3n) is 2.59. The maximum atomic E-state index is 12.0. The molecule has 0 radical (unpaired) electrons. The van der Waals surface area contributed by atoms with Crippen LogP contribution in [0.15, 0.2) is 17.2 Å². The van der Waals surface area contributed by atoms with Crippen molar-refractivity contribution in [2.24, 2.45) is 0 Å². The lowest BCUT2D eigenvalue weighted by molar-refractivity contribution is -0.133. The van der Waals surface area contributed by atoms with E-state index in [4.69, 9.17) is 10.7 Å². The second-order valence-corrected chi connectivity index (χ2v) is 7.19. The summed E-state index contributed by atoms with van der Waals surface area (Å²) in [6, 6.07) is 0.770. The van der Waals surface area contributed by atoms with Crippen molar-refractivity contribution < 1.29 is 26.4 Å². The van der Waals surface area contributed by atoms with Crippen LogP contribution in [0, 0.1) is 0 Å². The molecule has 0 atom stereocenters. The summed E-state index contributed by atoms with van der Waals surface area (Å²) in [5, 5.41) is 2.10. The largest absolute Gasteiger partial charge is 0.390 e. The Bertz CT molecular complexity index is 623. The Kier molecular flexibility index (Phi) is 5.32. The van der Waals surface area contributed by atoms with Gasteiger partial charge < -0.3 is 9.88 Å². The molecule has 0 saturated heterocycles. The number of aromatic nitrogens is 1. The summed E-state index contributed by atoms with van der Waals surface area (Å²) in [5.41, 5.74) is -0.0635. The molecule has 0 aromatic carbocycles. The summed E-state index contributed by atoms with van der Waals surface area (Å²) in [5.74, 6) is -0.792. The molecule has 10 heteroatoms. The van der Waals surface area contributed by atoms with Crippen molar-refractivity contribution in [2.45, 2.75) is 37.4 Å². The number of nitrogens with zero attached hydrogens (tertiary/aromatic N) is 1. The predicted molar refractivity (Wildman–Crippen MR) is 70.9 cm³/mol. The van der Waals surface area contributed by atoms with Gasteiger partial charge in [0.05, 0.1) is 6.42 Å². The summed E-state index contributed by atoms with van der Waals surface area (Å²) >= 11 is 0. The number of carbonyl (C=O) groups is 1. The molecule has 1 rings (SSSR count). The zero-order valence-corrected chi connectivity index (χ0v) is 12.8. The van der Waals surface area contributed by atoms with Crippen LogP contribution in [0.1, 0.15) is 36.8 Å². The van der Waals surface area contributed by atoms with Crippen molar-refractivity contribution in [3.8, 4) is 0 Å². The van der Waals surface area contributed by atoms with Gasteiger partial charge in [-0.05, 0) is 19.9 Å². The van der Waals surface area contributed by atoms with E-state index in [1.165, 1.54) is 10.8 Å². The maximum Gasteiger partial charge on any atom is 0.390 e. The van der Waals surface area contributed by atoms with Crippen molar-refractivity contribution in [1.29, 1.82) is 0 Å². The molecule has 1 N–H and O–H groups in total. The zero-order valence-electron chi connectivity index (χ0n) is 11.2. The zero-order chi connectivity index (χ0) is 16.4. The summed E-state index contributed by atoms with van der Waals surface area (Å²) in [6.07, 6.45) is -4.37. The monoisotopic (exact) mass is 346 g/mol. The normalized spacial score (nSPS) is 12.7. The molecule has 0 unspecified atom stereocenters. The first-order valence-electron chi connectivity index (χ1n) is 5.93. The molecule has 0 fully saturated rings. The van der Waals surface area contributed by atoms with Gasteiger partial charge in [-0.2, -0.15) is 13.2 Å². The SMILES string of the molecule is CC(C)n1cc(S(=O)(=O)Cl)cc1C(=O)NCCC(F)(F)F. The van der Waals surface area contributed by atoms with Crippen LogP contribution in [-0.2, 0) is 9.05 Å². The van der Waals surface area contributed by atoms with Crippen molar-refractivity contribution in [3.05, 3.63) is 18.0 Å². The Balaban J connectivity index is 2.95. The first-order valence-corrected chi connectivity index (χ1v) is 8.24. The highest BCUT2D eigenvalue weighted by atomic mass is 35.7. The highest BCUT2D eigenvalue weighted by Gasteiger charge is 2.27. The Morgan fingerprint density at radius 3 is 2.43 bits per heavy atom. The number of nitrogens with one attached hydrogen (secondary N) is 1. The Labute approximate surface area is 124 Å². The van der Waals surface area contributed by atoms with Crippen LogP contribution in [0.4, 0.5) is 13.2 Å². The molecular formula is C11H14ClF3N2O3S. The van der Waals surface area contributed by atoms with Crippen molar-refractivity contribution >= 4 is 25.6 Å². The lowest BCUT2D eigenvalue weighted by atomic mass is 10.3. The number of halogens is 4. The van der Waals surface area contributed by atoms with Crippen LogP contribution in [0.5, 0.6) is 0 Å². The van der Waals surface area contributed by atoms with Crippen LogP contribution in [0.2, 0.25) is 0 Å². The van der Waals surface area contributed by atoms with E-state index in [-0.39, 0.29) is 16.6 Å². The van der Waals surface area contributed by atoms with Gasteiger partial charge in [-0.1, -0.05) is 0 Å². The number of amides is 1. The van der Waals surface area contributed by atoms with Gasteiger partial charge in [0.25, 0.3) is 15.0 Å². The van der Waals surface area contributed by atoms with E-state index in [1.54, 1.807) is 13.8 Å². The number of rotatable bonds is 5. The van der Waals surface area contributed by atoms with Gasteiger partial charge in [-0.15, -0.1) is 0 Å². The van der Waals surface area contributed by atoms with Gasteiger partial charge in [0, 0.05) is 29.5 Å². The summed E-state index contributed by atoms with van der Waals surface area (Å²) in [7, 11) is 1.17. The van der Waals surface area contributed by atoms with Gasteiger partial charge >= 0.3 is 6.18 Å². The molecule has 1 aromatic rings. The second kappa shape index (κ2) is 6.27. The molecule has 1 aromatic heterocycles. The van der Waals surface area contributed by atoms with E-state index in [0.717, 1.165) is 6.07 Å². The summed E-state index contributed by atoms with van der Waals surface area (Å²) < 4.78 is 59.9. The number of hydrogen-bond acceptors (Lipinski definition) is 3. The molecular weight excluding hydrogens is 333 g/mol. The molecule has 120 valence electrons. The minimum absolute atomic E-state index is 0.0635. The topological polar surface area (TPSA) is 68.2 Å². The van der Waals surface area contributed by atoms with Gasteiger partial charge in [0.1, 0.15) is 10.6 Å². The molecule has 0 aliphatic heterocycles. The van der Waals surface area contributed by atoms with Crippen LogP contribution in [-0.4, -0.2) is 31.6 Å². The number of carbonyl (C=O) groups excluding carboxylic acids is 1. The first kappa shape index (κ1) is 17.8. The van der Waals surface area contributed by atoms with Crippen molar-refractivity contribution in [3.63, 3.8) is 0 Å². The number of alkyl halides is 3. The van der Waals surface area contributed by atoms with E-state index in [9.17, 15) is 26.4 Å². The minimum Gasteiger partial charge on any atom is -0.350 e. The molecule has 0 bridgehead atoms. The summed E-state index contributed by atoms with van der Waals surface area (Å²) in [4.78, 5) is 11.6. The van der Waals surface area contributed by atoms with Crippen LogP contribution >= 0.6 is 10.7 Å². The quantitative estimate of drug-likeness (QED) is 0.833. The third kappa shape index (κ3) is 5.24. The van der Waals surface area contributed by atoms with Gasteiger partial charge in [-0.25, -0.2) is 8.42 Å². The fraction of sp³-hybridized carbons (Fsp3) is 0.545. The Morgan fingerprint density at radius 2 is 2.00 bits per heavy atom. The smallest absolute Gasteiger partial charge is 0.350 e. The standard InChI is InChI=1S/C11H14ClF3N2O3S/c1-7(2)17-6-8(21(12,19)20)5-9(17)10(18)16-4-3-11(13,14)15/h5-7H,3-4H2,1-2H3,(H,16,18). The van der Waals surface area contributed by atoms with Crippen molar-refractivity contribution in [1.82, 2.24) is 9.88 Å². The molecule has 1 heterocycles. The van der Waals surface area contributed by atoms with E-state index >= 15 is 0 Å². The van der Waals surface area contributed by atoms with E-state index < -0.39 is 34.1 Å². The molecule has 0 aliphatic rings. The molecule has 0 saturated carbocycles. The van der Waals surface area contributed by atoms with Crippen LogP contribution in [0.3, 0.4) is 0 Å². The third-order valence-corrected chi connectivity index (χ3v) is 3.91. The number of hydrogen-bond donors (Lipinski definition) is 1. The maximum absolute atomic E-state index is 12.0. The first-order chi connectivity index (χ1) is 9.42. The fourth-order valence-electron chi connectivity index (χ4n) is 1.60. The predicted octanol–water partition coefficient (Wildman–Crippen LogP) is 2.68. The fourth-order valence-corrected chi connectivity index (χ4v) is 2.35. The molecule has 0 spiro atoms. The van der Waals surface area contributed by atoms with Crippen LogP contribution in [0.25, 0.3) is 0 Å². The average Bonchev–Trinajstić information content (AvgIpc) is 2.71. The summed E-state index contributed by atoms with van der Waals surface area (Å²) in [6.45, 7) is 2.79.